The zero-order valence-corrected chi connectivity index (χ0v) is 16.3. The number of nitrogens with zero attached hydrogens (tertiary/aromatic N) is 3. The van der Waals surface area contributed by atoms with Crippen LogP contribution in [0.4, 0.5) is 0 Å². The first-order valence-corrected chi connectivity index (χ1v) is 9.65. The van der Waals surface area contributed by atoms with Crippen LogP contribution in [0.1, 0.15) is 6.42 Å². The summed E-state index contributed by atoms with van der Waals surface area (Å²) < 4.78 is 17.8. The highest BCUT2D eigenvalue weighted by Crippen LogP contribution is 2.36. The van der Waals surface area contributed by atoms with E-state index < -0.39 is 0 Å². The predicted molar refractivity (Wildman–Crippen MR) is 105 cm³/mol. The number of benzene rings is 2. The lowest BCUT2D eigenvalue weighted by Crippen LogP contribution is -2.11. The number of methoxy groups -OCH3 is 2. The molecular formula is C20H19N3O4S. The molecule has 144 valence electrons. The maximum atomic E-state index is 12.0. The van der Waals surface area contributed by atoms with Crippen LogP contribution in [0.3, 0.4) is 0 Å². The number of carbonyl (C=O) groups is 1. The lowest BCUT2D eigenvalue weighted by atomic mass is 10.2. The Bertz CT molecular complexity index is 990. The minimum absolute atomic E-state index is 0.215. The van der Waals surface area contributed by atoms with Crippen molar-refractivity contribution in [1.29, 1.82) is 0 Å². The summed E-state index contributed by atoms with van der Waals surface area (Å²) in [6.45, 7) is 0.437. The number of ether oxygens (including phenoxy) is 3. The Morgan fingerprint density at radius 3 is 2.54 bits per heavy atom. The Morgan fingerprint density at radius 1 is 1.07 bits per heavy atom. The fourth-order valence-corrected chi connectivity index (χ4v) is 4.05. The first kappa shape index (κ1) is 18.4. The van der Waals surface area contributed by atoms with E-state index in [0.29, 0.717) is 35.5 Å². The number of rotatable bonds is 6. The Morgan fingerprint density at radius 2 is 1.86 bits per heavy atom. The fourth-order valence-electron chi connectivity index (χ4n) is 3.03. The highest BCUT2D eigenvalue weighted by molar-refractivity contribution is 8.00. The molecule has 2 heterocycles. The molecule has 0 unspecified atom stereocenters. The molecule has 3 aromatic rings. The highest BCUT2D eigenvalue weighted by atomic mass is 32.2. The van der Waals surface area contributed by atoms with Gasteiger partial charge in [-0.05, 0) is 12.1 Å². The normalized spacial score (nSPS) is 16.1. The molecule has 0 spiro atoms. The molecule has 1 atom stereocenters. The third kappa shape index (κ3) is 3.43. The number of hydrogen-bond donors (Lipinski definition) is 0. The van der Waals surface area contributed by atoms with Gasteiger partial charge < -0.3 is 14.2 Å². The Kier molecular flexibility index (Phi) is 5.21. The van der Waals surface area contributed by atoms with Crippen LogP contribution in [-0.2, 0) is 9.53 Å². The average molecular weight is 397 g/mol. The molecule has 1 aliphatic heterocycles. The number of hydrogen-bond acceptors (Lipinski definition) is 7. The van der Waals surface area contributed by atoms with Crippen molar-refractivity contribution in [3.63, 3.8) is 0 Å². The van der Waals surface area contributed by atoms with E-state index in [2.05, 4.69) is 10.2 Å². The second-order valence-corrected chi connectivity index (χ2v) is 7.28. The van der Waals surface area contributed by atoms with Gasteiger partial charge in [-0.2, -0.15) is 0 Å². The third-order valence-corrected chi connectivity index (χ3v) is 5.61. The van der Waals surface area contributed by atoms with E-state index in [1.165, 1.54) is 11.8 Å². The van der Waals surface area contributed by atoms with Crippen LogP contribution in [0.5, 0.6) is 11.5 Å². The van der Waals surface area contributed by atoms with Gasteiger partial charge in [-0.25, -0.2) is 0 Å². The maximum absolute atomic E-state index is 12.0. The topological polar surface area (TPSA) is 75.5 Å². The second kappa shape index (κ2) is 7.93. The van der Waals surface area contributed by atoms with Crippen LogP contribution in [-0.4, -0.2) is 46.8 Å². The molecule has 1 aromatic heterocycles. The van der Waals surface area contributed by atoms with Crippen LogP contribution >= 0.6 is 11.8 Å². The molecule has 0 aliphatic carbocycles. The molecule has 0 bridgehead atoms. The summed E-state index contributed by atoms with van der Waals surface area (Å²) >= 11 is 1.36. The Labute approximate surface area is 166 Å². The van der Waals surface area contributed by atoms with Gasteiger partial charge in [0.1, 0.15) is 5.25 Å². The summed E-state index contributed by atoms with van der Waals surface area (Å²) in [5, 5.41) is 9.09. The SMILES string of the molecule is COc1ccc(-n2c(S[C@H]3CCOC3=O)nnc2-c2ccccc2)cc1OC. The molecule has 8 heteroatoms. The van der Waals surface area contributed by atoms with Crippen LogP contribution in [0.2, 0.25) is 0 Å². The van der Waals surface area contributed by atoms with Crippen LogP contribution in [0.25, 0.3) is 17.1 Å². The standard InChI is InChI=1S/C20H19N3O4S/c1-25-15-9-8-14(12-16(15)26-2)23-18(13-6-4-3-5-7-13)21-22-20(23)28-17-10-11-27-19(17)24/h3-9,12,17H,10-11H2,1-2H3/t17-/m0/s1. The lowest BCUT2D eigenvalue weighted by molar-refractivity contribution is -0.137. The summed E-state index contributed by atoms with van der Waals surface area (Å²) in [5.41, 5.74) is 1.74. The number of esters is 1. The van der Waals surface area contributed by atoms with Crippen LogP contribution < -0.4 is 9.47 Å². The molecule has 1 fully saturated rings. The number of thioether (sulfide) groups is 1. The van der Waals surface area contributed by atoms with Gasteiger partial charge >= 0.3 is 5.97 Å². The molecule has 0 amide bonds. The van der Waals surface area contributed by atoms with Gasteiger partial charge in [-0.1, -0.05) is 42.1 Å². The Balaban J connectivity index is 1.83. The minimum atomic E-state index is -0.285. The zero-order chi connectivity index (χ0) is 19.5. The average Bonchev–Trinajstić information content (AvgIpc) is 3.34. The molecule has 7 nitrogen and oxygen atoms in total. The van der Waals surface area contributed by atoms with Gasteiger partial charge in [0, 0.05) is 18.1 Å². The molecule has 0 N–H and O–H groups in total. The van der Waals surface area contributed by atoms with E-state index >= 15 is 0 Å². The summed E-state index contributed by atoms with van der Waals surface area (Å²) in [4.78, 5) is 12.0. The van der Waals surface area contributed by atoms with Gasteiger partial charge in [-0.3, -0.25) is 9.36 Å². The molecule has 4 rings (SSSR count). The summed E-state index contributed by atoms with van der Waals surface area (Å²) in [7, 11) is 3.19. The lowest BCUT2D eigenvalue weighted by Gasteiger charge is -2.14. The van der Waals surface area contributed by atoms with Crippen LogP contribution in [0, 0.1) is 0 Å². The molecule has 1 aliphatic rings. The molecule has 0 radical (unpaired) electrons. The zero-order valence-electron chi connectivity index (χ0n) is 15.5. The van der Waals surface area contributed by atoms with Gasteiger partial charge in [0.2, 0.25) is 0 Å². The van der Waals surface area contributed by atoms with E-state index in [1.54, 1.807) is 14.2 Å². The van der Waals surface area contributed by atoms with E-state index in [-0.39, 0.29) is 11.2 Å². The number of cyclic esters (lactones) is 1. The minimum Gasteiger partial charge on any atom is -0.493 e. The molecule has 1 saturated heterocycles. The molecular weight excluding hydrogens is 378 g/mol. The maximum Gasteiger partial charge on any atom is 0.319 e. The molecule has 0 saturated carbocycles. The second-order valence-electron chi connectivity index (χ2n) is 6.11. The van der Waals surface area contributed by atoms with Crippen molar-refractivity contribution in [3.05, 3.63) is 48.5 Å². The fraction of sp³-hybridized carbons (Fsp3) is 0.250. The quantitative estimate of drug-likeness (QED) is 0.590. The first-order valence-electron chi connectivity index (χ1n) is 8.78. The van der Waals surface area contributed by atoms with Gasteiger partial charge in [0.15, 0.2) is 22.5 Å². The number of aromatic nitrogens is 3. The summed E-state index contributed by atoms with van der Waals surface area (Å²) in [6, 6.07) is 15.4. The van der Waals surface area contributed by atoms with Gasteiger partial charge in [0.05, 0.1) is 26.5 Å². The smallest absolute Gasteiger partial charge is 0.319 e. The van der Waals surface area contributed by atoms with Gasteiger partial charge in [-0.15, -0.1) is 10.2 Å². The van der Waals surface area contributed by atoms with Crippen molar-refractivity contribution in [3.8, 4) is 28.6 Å². The monoisotopic (exact) mass is 397 g/mol. The van der Waals surface area contributed by atoms with E-state index in [0.717, 1.165) is 11.3 Å². The van der Waals surface area contributed by atoms with Crippen molar-refractivity contribution < 1.29 is 19.0 Å². The predicted octanol–water partition coefficient (Wildman–Crippen LogP) is 3.36. The largest absolute Gasteiger partial charge is 0.493 e. The Hall–Kier alpha value is -3.00. The summed E-state index contributed by atoms with van der Waals surface area (Å²) in [6.07, 6.45) is 0.656. The molecule has 28 heavy (non-hydrogen) atoms. The van der Waals surface area contributed by atoms with E-state index in [4.69, 9.17) is 14.2 Å². The molecule has 2 aromatic carbocycles. The van der Waals surface area contributed by atoms with Crippen molar-refractivity contribution in [2.75, 3.05) is 20.8 Å². The number of carbonyl (C=O) groups excluding carboxylic acids is 1. The van der Waals surface area contributed by atoms with E-state index in [9.17, 15) is 4.79 Å². The highest BCUT2D eigenvalue weighted by Gasteiger charge is 2.30. The van der Waals surface area contributed by atoms with E-state index in [1.807, 2.05) is 53.1 Å². The third-order valence-electron chi connectivity index (χ3n) is 4.43. The van der Waals surface area contributed by atoms with Gasteiger partial charge in [0.25, 0.3) is 0 Å². The van der Waals surface area contributed by atoms with Crippen LogP contribution in [0.15, 0.2) is 53.7 Å². The summed E-state index contributed by atoms with van der Waals surface area (Å²) in [5.74, 6) is 1.70. The van der Waals surface area contributed by atoms with Crippen molar-refractivity contribution >= 4 is 17.7 Å². The van der Waals surface area contributed by atoms with Crippen molar-refractivity contribution in [2.45, 2.75) is 16.8 Å². The first-order chi connectivity index (χ1) is 13.7. The van der Waals surface area contributed by atoms with Crippen molar-refractivity contribution in [2.24, 2.45) is 0 Å². The van der Waals surface area contributed by atoms with Crippen molar-refractivity contribution in [1.82, 2.24) is 14.8 Å².